The van der Waals surface area contributed by atoms with Crippen LogP contribution in [-0.2, 0) is 10.0 Å². The van der Waals surface area contributed by atoms with Gasteiger partial charge in [-0.1, -0.05) is 73.7 Å². The molecule has 1 N–H and O–H groups in total. The average molecular weight is 452 g/mol. The van der Waals surface area contributed by atoms with Crippen LogP contribution in [0.5, 0.6) is 0 Å². The van der Waals surface area contributed by atoms with Gasteiger partial charge in [0.05, 0.1) is 4.90 Å². The molecule has 0 fully saturated rings. The van der Waals surface area contributed by atoms with E-state index in [9.17, 15) is 8.42 Å². The molecule has 0 atom stereocenters. The minimum atomic E-state index is -3.70. The van der Waals surface area contributed by atoms with Gasteiger partial charge in [0.15, 0.2) is 0 Å². The van der Waals surface area contributed by atoms with Crippen molar-refractivity contribution >= 4 is 43.7 Å². The molecule has 0 radical (unpaired) electrons. The lowest BCUT2D eigenvalue weighted by atomic mass is 10.0. The van der Waals surface area contributed by atoms with E-state index >= 15 is 0 Å². The third kappa shape index (κ3) is 3.98. The van der Waals surface area contributed by atoms with Crippen LogP contribution in [0, 0.1) is 0 Å². The Morgan fingerprint density at radius 2 is 1.52 bits per heavy atom. The molecule has 33 heavy (non-hydrogen) atoms. The van der Waals surface area contributed by atoms with Crippen molar-refractivity contribution in [3.05, 3.63) is 113 Å². The van der Waals surface area contributed by atoms with Crippen molar-refractivity contribution in [2.45, 2.75) is 25.2 Å². The highest BCUT2D eigenvalue weighted by Gasteiger charge is 2.24. The summed E-state index contributed by atoms with van der Waals surface area (Å²) in [5.41, 5.74) is 7.64. The highest BCUT2D eigenvalue weighted by Crippen LogP contribution is 2.44. The third-order valence-corrected chi connectivity index (χ3v) is 7.62. The minimum Gasteiger partial charge on any atom is -0.280 e. The highest BCUT2D eigenvalue weighted by atomic mass is 32.2. The van der Waals surface area contributed by atoms with Gasteiger partial charge < -0.3 is 0 Å². The Bertz CT molecular complexity index is 1530. The maximum Gasteiger partial charge on any atom is 0.261 e. The maximum absolute atomic E-state index is 13.1. The number of rotatable bonds is 5. The normalized spacial score (nSPS) is 14.7. The van der Waals surface area contributed by atoms with E-state index < -0.39 is 10.0 Å². The van der Waals surface area contributed by atoms with Gasteiger partial charge in [-0.05, 0) is 87.9 Å². The molecule has 0 bridgehead atoms. The molecule has 1 aliphatic carbocycles. The van der Waals surface area contributed by atoms with Crippen LogP contribution in [0.25, 0.3) is 28.0 Å². The van der Waals surface area contributed by atoms with Crippen molar-refractivity contribution in [2.24, 2.45) is 0 Å². The van der Waals surface area contributed by atoms with E-state index in [1.165, 1.54) is 16.7 Å². The number of anilines is 1. The monoisotopic (exact) mass is 451 g/mol. The summed E-state index contributed by atoms with van der Waals surface area (Å²) in [4.78, 5) is 0.258. The number of allylic oxidation sites excluding steroid dienone is 3. The molecule has 4 aromatic rings. The van der Waals surface area contributed by atoms with Crippen molar-refractivity contribution in [3.8, 4) is 0 Å². The van der Waals surface area contributed by atoms with Crippen LogP contribution in [0.15, 0.2) is 101 Å². The fraction of sp³-hybridized carbons (Fsp3) is 0.103. The van der Waals surface area contributed by atoms with Gasteiger partial charge in [-0.15, -0.1) is 0 Å². The lowest BCUT2D eigenvalue weighted by molar-refractivity contribution is 0.601. The molecular weight excluding hydrogens is 426 g/mol. The second-order valence-corrected chi connectivity index (χ2v) is 9.98. The van der Waals surface area contributed by atoms with Crippen molar-refractivity contribution in [1.82, 2.24) is 0 Å². The molecule has 5 rings (SSSR count). The van der Waals surface area contributed by atoms with E-state index in [4.69, 9.17) is 0 Å². The highest BCUT2D eigenvalue weighted by molar-refractivity contribution is 7.92. The zero-order valence-electron chi connectivity index (χ0n) is 18.7. The van der Waals surface area contributed by atoms with Crippen molar-refractivity contribution < 1.29 is 8.42 Å². The van der Waals surface area contributed by atoms with Crippen molar-refractivity contribution in [2.75, 3.05) is 4.72 Å². The molecule has 0 heterocycles. The maximum atomic E-state index is 13.1. The van der Waals surface area contributed by atoms with Gasteiger partial charge in [0.25, 0.3) is 10.0 Å². The summed E-state index contributed by atoms with van der Waals surface area (Å²) in [5.74, 6) is 0. The molecule has 0 spiro atoms. The third-order valence-electron chi connectivity index (χ3n) is 6.24. The van der Waals surface area contributed by atoms with Gasteiger partial charge in [-0.3, -0.25) is 4.72 Å². The van der Waals surface area contributed by atoms with Gasteiger partial charge in [0, 0.05) is 5.69 Å². The number of hydrogen-bond donors (Lipinski definition) is 1. The van der Waals surface area contributed by atoms with Crippen LogP contribution >= 0.6 is 0 Å². The molecule has 0 aromatic heterocycles. The predicted octanol–water partition coefficient (Wildman–Crippen LogP) is 7.38. The topological polar surface area (TPSA) is 46.2 Å². The van der Waals surface area contributed by atoms with E-state index in [0.717, 1.165) is 33.9 Å². The van der Waals surface area contributed by atoms with Crippen LogP contribution in [0.3, 0.4) is 0 Å². The summed E-state index contributed by atoms with van der Waals surface area (Å²) in [6.45, 7) is 4.28. The van der Waals surface area contributed by atoms with Gasteiger partial charge >= 0.3 is 0 Å². The van der Waals surface area contributed by atoms with Crippen LogP contribution in [0.1, 0.15) is 37.0 Å². The molecule has 0 saturated heterocycles. The first-order chi connectivity index (χ1) is 16.0. The van der Waals surface area contributed by atoms with E-state index in [0.29, 0.717) is 5.69 Å². The Morgan fingerprint density at radius 1 is 0.788 bits per heavy atom. The quantitative estimate of drug-likeness (QED) is 0.344. The summed E-state index contributed by atoms with van der Waals surface area (Å²) in [7, 11) is -3.70. The fourth-order valence-corrected chi connectivity index (χ4v) is 5.65. The van der Waals surface area contributed by atoms with E-state index in [1.807, 2.05) is 66.7 Å². The molecule has 3 nitrogen and oxygen atoms in total. The lowest BCUT2D eigenvalue weighted by Gasteiger charge is -2.12. The van der Waals surface area contributed by atoms with Crippen LogP contribution < -0.4 is 4.72 Å². The van der Waals surface area contributed by atoms with Gasteiger partial charge in [0.1, 0.15) is 0 Å². The minimum absolute atomic E-state index is 0.258. The fourth-order valence-electron chi connectivity index (χ4n) is 4.57. The summed E-state index contributed by atoms with van der Waals surface area (Å²) >= 11 is 0. The molecule has 164 valence electrons. The number of nitrogens with one attached hydrogen (secondary N) is 1. The first kappa shape index (κ1) is 21.2. The van der Waals surface area contributed by atoms with Gasteiger partial charge in [-0.2, -0.15) is 0 Å². The van der Waals surface area contributed by atoms with Crippen LogP contribution in [0.4, 0.5) is 5.69 Å². The Labute approximate surface area is 195 Å². The first-order valence-electron chi connectivity index (χ1n) is 11.1. The Hall–Kier alpha value is -3.63. The number of hydrogen-bond acceptors (Lipinski definition) is 2. The molecule has 0 unspecified atom stereocenters. The second-order valence-electron chi connectivity index (χ2n) is 8.30. The van der Waals surface area contributed by atoms with E-state index in [2.05, 4.69) is 36.8 Å². The SMILES string of the molecule is CCC1=C(C)/C(=C/c2ccccc2)c2ccc(NS(=O)(=O)c3ccc4ccccc4c3)cc21. The van der Waals surface area contributed by atoms with Gasteiger partial charge in [0.2, 0.25) is 0 Å². The molecule has 4 heteroatoms. The molecule has 0 aliphatic heterocycles. The summed E-state index contributed by atoms with van der Waals surface area (Å²) < 4.78 is 29.0. The molecule has 0 saturated carbocycles. The second kappa shape index (κ2) is 8.38. The Morgan fingerprint density at radius 3 is 2.27 bits per heavy atom. The predicted molar refractivity (Wildman–Crippen MR) is 138 cm³/mol. The number of sulfonamides is 1. The first-order valence-corrected chi connectivity index (χ1v) is 12.6. The number of benzene rings is 4. The standard InChI is InChI=1S/C29H25NO2S/c1-3-26-20(2)28(17-21-9-5-4-6-10-21)27-16-14-24(19-29(26)27)30-33(31,32)25-15-13-22-11-7-8-12-23(22)18-25/h4-19,30H,3H2,1-2H3/b28-17-. The molecule has 0 amide bonds. The summed E-state index contributed by atoms with van der Waals surface area (Å²) in [6, 6.07) is 29.1. The molecule has 1 aliphatic rings. The Kier molecular flexibility index (Phi) is 5.39. The molecular formula is C29H25NO2S. The zero-order chi connectivity index (χ0) is 23.0. The van der Waals surface area contributed by atoms with Crippen molar-refractivity contribution in [1.29, 1.82) is 0 Å². The van der Waals surface area contributed by atoms with E-state index in [-0.39, 0.29) is 4.90 Å². The summed E-state index contributed by atoms with van der Waals surface area (Å²) in [5, 5.41) is 1.91. The summed E-state index contributed by atoms with van der Waals surface area (Å²) in [6.07, 6.45) is 3.08. The number of fused-ring (bicyclic) bond motifs is 2. The van der Waals surface area contributed by atoms with Crippen LogP contribution in [0.2, 0.25) is 0 Å². The largest absolute Gasteiger partial charge is 0.280 e. The Balaban J connectivity index is 1.51. The van der Waals surface area contributed by atoms with Crippen LogP contribution in [-0.4, -0.2) is 8.42 Å². The zero-order valence-corrected chi connectivity index (χ0v) is 19.5. The smallest absolute Gasteiger partial charge is 0.261 e. The van der Waals surface area contributed by atoms with Crippen molar-refractivity contribution in [3.63, 3.8) is 0 Å². The lowest BCUT2D eigenvalue weighted by Crippen LogP contribution is -2.13. The average Bonchev–Trinajstić information content (AvgIpc) is 3.09. The van der Waals surface area contributed by atoms with E-state index in [1.54, 1.807) is 12.1 Å². The molecule has 4 aromatic carbocycles. The van der Waals surface area contributed by atoms with Gasteiger partial charge in [-0.25, -0.2) is 8.42 Å².